The first kappa shape index (κ1) is 6.66. The highest BCUT2D eigenvalue weighted by molar-refractivity contribution is 9.23. The van der Waals surface area contributed by atoms with Gasteiger partial charge in [0.25, 0.3) is 0 Å². The van der Waals surface area contributed by atoms with Gasteiger partial charge in [-0.05, 0) is 13.6 Å². The summed E-state index contributed by atoms with van der Waals surface area (Å²) < 4.78 is 2.31. The van der Waals surface area contributed by atoms with Gasteiger partial charge in [-0.1, -0.05) is 6.92 Å². The van der Waals surface area contributed by atoms with E-state index in [4.69, 9.17) is 0 Å². The molecule has 0 radical (unpaired) electrons. The van der Waals surface area contributed by atoms with E-state index in [1.54, 1.807) is 0 Å². The Hall–Kier alpha value is 0.657. The fourth-order valence-electron chi connectivity index (χ4n) is 0.0845. The minimum atomic E-state index is -0.0158. The zero-order chi connectivity index (χ0) is 4.99. The van der Waals surface area contributed by atoms with Crippen LogP contribution in [-0.2, 0) is 0 Å². The molecule has 0 fully saturated rings. The second-order valence-electron chi connectivity index (χ2n) is 1.29. The van der Waals surface area contributed by atoms with Gasteiger partial charge < -0.3 is 4.57 Å². The molecule has 1 nitrogen and oxygen atoms in total. The molecule has 0 heterocycles. The number of hydrogen-bond donors (Lipinski definition) is 0. The van der Waals surface area contributed by atoms with Crippen LogP contribution in [0.4, 0.5) is 0 Å². The standard InChI is InChI=1S/C3H10BrNSi/c1-3-5(2)6-4/h3,6H2,1-2H3. The average molecular weight is 168 g/mol. The Balaban J connectivity index is 2.75. The number of halogens is 1. The Morgan fingerprint density at radius 3 is 2.33 bits per heavy atom. The Morgan fingerprint density at radius 2 is 2.33 bits per heavy atom. The molecule has 0 unspecified atom stereocenters. The van der Waals surface area contributed by atoms with Gasteiger partial charge in [0.15, 0.2) is 8.30 Å². The van der Waals surface area contributed by atoms with Crippen LogP contribution in [0.5, 0.6) is 0 Å². The lowest BCUT2D eigenvalue weighted by atomic mass is 10.8. The lowest BCUT2D eigenvalue weighted by molar-refractivity contribution is 0.578. The van der Waals surface area contributed by atoms with Gasteiger partial charge >= 0.3 is 0 Å². The second kappa shape index (κ2) is 3.83. The summed E-state index contributed by atoms with van der Waals surface area (Å²) in [5.41, 5.74) is 0. The second-order valence-corrected chi connectivity index (χ2v) is 4.12. The van der Waals surface area contributed by atoms with Crippen LogP contribution in [0.25, 0.3) is 0 Å². The molecule has 3 heteroatoms. The molecule has 0 aromatic carbocycles. The molecule has 0 aromatic heterocycles. The van der Waals surface area contributed by atoms with Gasteiger partial charge in [0, 0.05) is 0 Å². The molecule has 0 spiro atoms. The van der Waals surface area contributed by atoms with Gasteiger partial charge in [-0.25, -0.2) is 0 Å². The van der Waals surface area contributed by atoms with Crippen LogP contribution in [-0.4, -0.2) is 26.5 Å². The van der Waals surface area contributed by atoms with Gasteiger partial charge in [0.1, 0.15) is 0 Å². The van der Waals surface area contributed by atoms with Crippen molar-refractivity contribution < 1.29 is 0 Å². The van der Waals surface area contributed by atoms with Crippen molar-refractivity contribution >= 4 is 23.6 Å². The van der Waals surface area contributed by atoms with E-state index in [-0.39, 0.29) is 8.30 Å². The molecule has 0 aliphatic carbocycles. The van der Waals surface area contributed by atoms with Gasteiger partial charge in [-0.15, -0.1) is 15.3 Å². The number of hydrogen-bond acceptors (Lipinski definition) is 1. The lowest BCUT2D eigenvalue weighted by Gasteiger charge is -2.05. The highest BCUT2D eigenvalue weighted by Gasteiger charge is 1.84. The summed E-state index contributed by atoms with van der Waals surface area (Å²) in [6.07, 6.45) is 0. The third kappa shape index (κ3) is 2.87. The van der Waals surface area contributed by atoms with Crippen molar-refractivity contribution in [1.29, 1.82) is 0 Å². The zero-order valence-corrected chi connectivity index (χ0v) is 7.24. The van der Waals surface area contributed by atoms with E-state index in [2.05, 4.69) is 33.8 Å². The normalized spacial score (nSPS) is 12.0. The van der Waals surface area contributed by atoms with E-state index in [1.807, 2.05) is 0 Å². The van der Waals surface area contributed by atoms with Crippen LogP contribution >= 0.6 is 15.3 Å². The molecular formula is C3H10BrNSi. The van der Waals surface area contributed by atoms with Gasteiger partial charge in [-0.2, -0.15) is 0 Å². The van der Waals surface area contributed by atoms with Crippen LogP contribution in [0.3, 0.4) is 0 Å². The first-order chi connectivity index (χ1) is 2.81. The minimum Gasteiger partial charge on any atom is -0.323 e. The molecule has 0 aliphatic rings. The fourth-order valence-corrected chi connectivity index (χ4v) is 1.32. The van der Waals surface area contributed by atoms with Crippen molar-refractivity contribution in [3.05, 3.63) is 0 Å². The largest absolute Gasteiger partial charge is 0.323 e. The first-order valence-corrected chi connectivity index (χ1v) is 6.59. The molecule has 0 saturated heterocycles. The maximum Gasteiger partial charge on any atom is 0.170 e. The highest BCUT2D eigenvalue weighted by atomic mass is 79.9. The molecule has 0 aromatic rings. The van der Waals surface area contributed by atoms with Gasteiger partial charge in [0.05, 0.1) is 0 Å². The SMILES string of the molecule is CCN(C)[SiH2]Br. The van der Waals surface area contributed by atoms with Gasteiger partial charge in [0.2, 0.25) is 0 Å². The highest BCUT2D eigenvalue weighted by Crippen LogP contribution is 1.80. The van der Waals surface area contributed by atoms with Crippen LogP contribution in [0, 0.1) is 0 Å². The summed E-state index contributed by atoms with van der Waals surface area (Å²) >= 11 is 3.44. The maximum absolute atomic E-state index is 3.44. The van der Waals surface area contributed by atoms with Crippen LogP contribution in [0.1, 0.15) is 6.92 Å². The number of nitrogens with zero attached hydrogens (tertiary/aromatic N) is 1. The monoisotopic (exact) mass is 167 g/mol. The Morgan fingerprint density at radius 1 is 1.83 bits per heavy atom. The van der Waals surface area contributed by atoms with E-state index in [9.17, 15) is 0 Å². The molecule has 0 N–H and O–H groups in total. The lowest BCUT2D eigenvalue weighted by Crippen LogP contribution is -2.17. The Labute approximate surface area is 49.2 Å². The van der Waals surface area contributed by atoms with E-state index in [1.165, 1.54) is 6.54 Å². The van der Waals surface area contributed by atoms with Crippen molar-refractivity contribution in [3.8, 4) is 0 Å². The van der Waals surface area contributed by atoms with E-state index < -0.39 is 0 Å². The minimum absolute atomic E-state index is 0.0158. The molecule has 6 heavy (non-hydrogen) atoms. The molecule has 0 amide bonds. The molecule has 0 atom stereocenters. The maximum atomic E-state index is 3.44. The summed E-state index contributed by atoms with van der Waals surface area (Å²) in [4.78, 5) is 0. The topological polar surface area (TPSA) is 3.24 Å². The molecule has 0 bridgehead atoms. The predicted molar refractivity (Wildman–Crippen MR) is 35.8 cm³/mol. The summed E-state index contributed by atoms with van der Waals surface area (Å²) in [6.45, 7) is 3.34. The molecular weight excluding hydrogens is 158 g/mol. The van der Waals surface area contributed by atoms with Crippen LogP contribution in [0.15, 0.2) is 0 Å². The predicted octanol–water partition coefficient (Wildman–Crippen LogP) is 0.332. The third-order valence-electron chi connectivity index (χ3n) is 0.744. The summed E-state index contributed by atoms with van der Waals surface area (Å²) in [5, 5.41) is 0. The van der Waals surface area contributed by atoms with Crippen LogP contribution in [0.2, 0.25) is 0 Å². The van der Waals surface area contributed by atoms with E-state index in [0.29, 0.717) is 0 Å². The summed E-state index contributed by atoms with van der Waals surface area (Å²) in [6, 6.07) is 0. The summed E-state index contributed by atoms with van der Waals surface area (Å²) in [7, 11) is 2.11. The third-order valence-corrected chi connectivity index (χ3v) is 4.17. The van der Waals surface area contributed by atoms with Crippen molar-refractivity contribution in [1.82, 2.24) is 4.57 Å². The molecule has 0 rings (SSSR count). The fraction of sp³-hybridized carbons (Fsp3) is 1.00. The van der Waals surface area contributed by atoms with Gasteiger partial charge in [-0.3, -0.25) is 0 Å². The van der Waals surface area contributed by atoms with Crippen LogP contribution < -0.4 is 0 Å². The van der Waals surface area contributed by atoms with Crippen molar-refractivity contribution in [2.75, 3.05) is 13.6 Å². The van der Waals surface area contributed by atoms with E-state index in [0.717, 1.165) is 0 Å². The number of rotatable bonds is 2. The van der Waals surface area contributed by atoms with Crippen molar-refractivity contribution in [3.63, 3.8) is 0 Å². The van der Waals surface area contributed by atoms with E-state index >= 15 is 0 Å². The first-order valence-electron chi connectivity index (χ1n) is 2.05. The Bertz CT molecular complexity index is 30.0. The molecule has 38 valence electrons. The van der Waals surface area contributed by atoms with Crippen molar-refractivity contribution in [2.24, 2.45) is 0 Å². The molecule has 0 aliphatic heterocycles. The summed E-state index contributed by atoms with van der Waals surface area (Å²) in [5.74, 6) is 0. The Kier molecular flexibility index (Phi) is 4.25. The average Bonchev–Trinajstić information content (AvgIpc) is 1.65. The molecule has 0 saturated carbocycles. The van der Waals surface area contributed by atoms with Crippen molar-refractivity contribution in [2.45, 2.75) is 6.92 Å². The zero-order valence-electron chi connectivity index (χ0n) is 4.24. The quantitative estimate of drug-likeness (QED) is 0.424. The smallest absolute Gasteiger partial charge is 0.170 e.